The Bertz CT molecular complexity index is 926. The molecule has 27 heavy (non-hydrogen) atoms. The molecule has 1 saturated heterocycles. The van der Waals surface area contributed by atoms with Crippen LogP contribution in [0.1, 0.15) is 16.1 Å². The molecule has 0 saturated carbocycles. The van der Waals surface area contributed by atoms with Gasteiger partial charge in [-0.05, 0) is 61.5 Å². The summed E-state index contributed by atoms with van der Waals surface area (Å²) in [6.45, 7) is 4.77. The van der Waals surface area contributed by atoms with Crippen LogP contribution in [0.25, 0.3) is 5.69 Å². The minimum atomic E-state index is -0.235. The van der Waals surface area contributed by atoms with Gasteiger partial charge in [-0.1, -0.05) is 0 Å². The number of carbonyl (C=O) groups is 1. The third kappa shape index (κ3) is 3.56. The minimum absolute atomic E-state index is 0.0393. The van der Waals surface area contributed by atoms with Crippen molar-refractivity contribution in [2.45, 2.75) is 6.92 Å². The summed E-state index contributed by atoms with van der Waals surface area (Å²) in [6.07, 6.45) is 1.76. The van der Waals surface area contributed by atoms with Crippen molar-refractivity contribution in [2.75, 3.05) is 31.1 Å². The number of piperazine rings is 1. The SMILES string of the molecule is Cc1ccnn1-c1ccc(C(=O)N2CCN(c3ccc(F)cc3)CC2)cc1. The second-order valence-electron chi connectivity index (χ2n) is 6.69. The maximum Gasteiger partial charge on any atom is 0.253 e. The Morgan fingerprint density at radius 1 is 0.889 bits per heavy atom. The average Bonchev–Trinajstić information content (AvgIpc) is 3.14. The number of aromatic nitrogens is 2. The molecule has 0 bridgehead atoms. The first-order chi connectivity index (χ1) is 13.1. The fourth-order valence-electron chi connectivity index (χ4n) is 3.39. The minimum Gasteiger partial charge on any atom is -0.368 e. The number of hydrogen-bond donors (Lipinski definition) is 0. The molecule has 0 atom stereocenters. The normalized spacial score (nSPS) is 14.4. The van der Waals surface area contributed by atoms with E-state index in [-0.39, 0.29) is 11.7 Å². The van der Waals surface area contributed by atoms with Gasteiger partial charge in [-0.15, -0.1) is 0 Å². The molecule has 1 aliphatic heterocycles. The molecule has 1 aliphatic rings. The quantitative estimate of drug-likeness (QED) is 0.716. The molecule has 3 aromatic rings. The van der Waals surface area contributed by atoms with E-state index in [1.54, 1.807) is 18.3 Å². The first kappa shape index (κ1) is 17.3. The van der Waals surface area contributed by atoms with Crippen LogP contribution in [0.15, 0.2) is 60.8 Å². The predicted octanol–water partition coefficient (Wildman–Crippen LogP) is 3.28. The molecular formula is C21H21FN4O. The maximum absolute atomic E-state index is 13.1. The average molecular weight is 364 g/mol. The van der Waals surface area contributed by atoms with Crippen molar-refractivity contribution < 1.29 is 9.18 Å². The number of hydrogen-bond acceptors (Lipinski definition) is 3. The molecule has 0 spiro atoms. The summed E-state index contributed by atoms with van der Waals surface area (Å²) < 4.78 is 14.9. The van der Waals surface area contributed by atoms with Gasteiger partial charge in [-0.2, -0.15) is 5.10 Å². The van der Waals surface area contributed by atoms with Gasteiger partial charge in [0.25, 0.3) is 5.91 Å². The molecule has 1 amide bonds. The summed E-state index contributed by atoms with van der Waals surface area (Å²) >= 11 is 0. The summed E-state index contributed by atoms with van der Waals surface area (Å²) in [4.78, 5) is 16.8. The van der Waals surface area contributed by atoms with E-state index in [0.717, 1.165) is 30.2 Å². The number of benzene rings is 2. The highest BCUT2D eigenvalue weighted by Gasteiger charge is 2.22. The smallest absolute Gasteiger partial charge is 0.253 e. The number of halogens is 1. The number of rotatable bonds is 3. The predicted molar refractivity (Wildman–Crippen MR) is 103 cm³/mol. The van der Waals surface area contributed by atoms with E-state index < -0.39 is 0 Å². The molecule has 6 heteroatoms. The molecule has 4 rings (SSSR count). The lowest BCUT2D eigenvalue weighted by molar-refractivity contribution is 0.0747. The lowest BCUT2D eigenvalue weighted by atomic mass is 10.1. The highest BCUT2D eigenvalue weighted by atomic mass is 19.1. The third-order valence-electron chi connectivity index (χ3n) is 4.95. The second-order valence-corrected chi connectivity index (χ2v) is 6.69. The molecule has 138 valence electrons. The number of nitrogens with zero attached hydrogens (tertiary/aromatic N) is 4. The Morgan fingerprint density at radius 3 is 2.11 bits per heavy atom. The number of carbonyl (C=O) groups excluding carboxylic acids is 1. The van der Waals surface area contributed by atoms with Crippen LogP contribution in [-0.2, 0) is 0 Å². The zero-order chi connectivity index (χ0) is 18.8. The van der Waals surface area contributed by atoms with Gasteiger partial charge in [-0.3, -0.25) is 4.79 Å². The summed E-state index contributed by atoms with van der Waals surface area (Å²) in [7, 11) is 0. The molecule has 1 fully saturated rings. The first-order valence-corrected chi connectivity index (χ1v) is 9.03. The highest BCUT2D eigenvalue weighted by molar-refractivity contribution is 5.94. The van der Waals surface area contributed by atoms with Crippen molar-refractivity contribution in [1.29, 1.82) is 0 Å². The number of amides is 1. The fourth-order valence-corrected chi connectivity index (χ4v) is 3.39. The van der Waals surface area contributed by atoms with E-state index in [2.05, 4.69) is 10.00 Å². The number of aryl methyl sites for hydroxylation is 1. The van der Waals surface area contributed by atoms with Gasteiger partial charge in [-0.25, -0.2) is 9.07 Å². The summed E-state index contributed by atoms with van der Waals surface area (Å²) in [5.41, 5.74) is 3.66. The molecule has 0 unspecified atom stereocenters. The Hall–Kier alpha value is -3.15. The fraction of sp³-hybridized carbons (Fsp3) is 0.238. The van der Waals surface area contributed by atoms with Crippen LogP contribution < -0.4 is 4.90 Å². The Balaban J connectivity index is 1.40. The van der Waals surface area contributed by atoms with Crippen LogP contribution in [0.4, 0.5) is 10.1 Å². The second kappa shape index (κ2) is 7.23. The van der Waals surface area contributed by atoms with E-state index >= 15 is 0 Å². The van der Waals surface area contributed by atoms with E-state index in [9.17, 15) is 9.18 Å². The highest BCUT2D eigenvalue weighted by Crippen LogP contribution is 2.18. The van der Waals surface area contributed by atoms with Crippen LogP contribution in [0, 0.1) is 12.7 Å². The largest absolute Gasteiger partial charge is 0.368 e. The molecule has 0 radical (unpaired) electrons. The Morgan fingerprint density at radius 2 is 1.52 bits per heavy atom. The standard InChI is InChI=1S/C21H21FN4O/c1-16-10-11-23-26(16)20-6-2-17(3-7-20)21(27)25-14-12-24(13-15-25)19-8-4-18(22)5-9-19/h2-11H,12-15H2,1H3. The van der Waals surface area contributed by atoms with Crippen LogP contribution >= 0.6 is 0 Å². The summed E-state index contributed by atoms with van der Waals surface area (Å²) in [5, 5.41) is 4.29. The molecule has 0 aliphatic carbocycles. The third-order valence-corrected chi connectivity index (χ3v) is 4.95. The van der Waals surface area contributed by atoms with E-state index in [4.69, 9.17) is 0 Å². The van der Waals surface area contributed by atoms with E-state index in [1.165, 1.54) is 12.1 Å². The van der Waals surface area contributed by atoms with Gasteiger partial charge in [0.05, 0.1) is 5.69 Å². The molecule has 2 heterocycles. The summed E-state index contributed by atoms with van der Waals surface area (Å²) in [5.74, 6) is -0.196. The van der Waals surface area contributed by atoms with Gasteiger partial charge in [0, 0.05) is 49.3 Å². The van der Waals surface area contributed by atoms with Crippen LogP contribution in [0.3, 0.4) is 0 Å². The van der Waals surface area contributed by atoms with E-state index in [1.807, 2.05) is 46.8 Å². The number of anilines is 1. The topological polar surface area (TPSA) is 41.4 Å². The zero-order valence-electron chi connectivity index (χ0n) is 15.2. The summed E-state index contributed by atoms with van der Waals surface area (Å²) in [6, 6.07) is 16.0. The molecule has 0 N–H and O–H groups in total. The first-order valence-electron chi connectivity index (χ1n) is 9.03. The van der Waals surface area contributed by atoms with Crippen molar-refractivity contribution >= 4 is 11.6 Å². The van der Waals surface area contributed by atoms with Gasteiger partial charge in [0.2, 0.25) is 0 Å². The van der Waals surface area contributed by atoms with Crippen molar-refractivity contribution in [3.63, 3.8) is 0 Å². The van der Waals surface area contributed by atoms with Crippen molar-refractivity contribution in [1.82, 2.24) is 14.7 Å². The molecular weight excluding hydrogens is 343 g/mol. The van der Waals surface area contributed by atoms with E-state index in [0.29, 0.717) is 18.7 Å². The van der Waals surface area contributed by atoms with Crippen molar-refractivity contribution in [3.8, 4) is 5.69 Å². The van der Waals surface area contributed by atoms with Gasteiger partial charge in [0.1, 0.15) is 5.82 Å². The Kier molecular flexibility index (Phi) is 4.62. The van der Waals surface area contributed by atoms with Gasteiger partial charge >= 0.3 is 0 Å². The van der Waals surface area contributed by atoms with Gasteiger partial charge < -0.3 is 9.80 Å². The van der Waals surface area contributed by atoms with Crippen LogP contribution in [0.5, 0.6) is 0 Å². The zero-order valence-corrected chi connectivity index (χ0v) is 15.2. The molecule has 5 nitrogen and oxygen atoms in total. The Labute approximate surface area is 157 Å². The molecule has 1 aromatic heterocycles. The van der Waals surface area contributed by atoms with Crippen molar-refractivity contribution in [2.24, 2.45) is 0 Å². The monoisotopic (exact) mass is 364 g/mol. The maximum atomic E-state index is 13.1. The lowest BCUT2D eigenvalue weighted by Crippen LogP contribution is -2.48. The van der Waals surface area contributed by atoms with Crippen molar-refractivity contribution in [3.05, 3.63) is 77.9 Å². The van der Waals surface area contributed by atoms with Crippen LogP contribution in [0.2, 0.25) is 0 Å². The lowest BCUT2D eigenvalue weighted by Gasteiger charge is -2.36. The molecule has 2 aromatic carbocycles. The van der Waals surface area contributed by atoms with Crippen LogP contribution in [-0.4, -0.2) is 46.8 Å². The van der Waals surface area contributed by atoms with Gasteiger partial charge in [0.15, 0.2) is 0 Å².